The van der Waals surface area contributed by atoms with Gasteiger partial charge in [-0.15, -0.1) is 0 Å². The van der Waals surface area contributed by atoms with Crippen LogP contribution in [0, 0.1) is 0 Å². The second-order valence-electron chi connectivity index (χ2n) is 5.13. The Morgan fingerprint density at radius 2 is 2.00 bits per heavy atom. The maximum atomic E-state index is 12.2. The number of amides is 1. The third-order valence-corrected chi connectivity index (χ3v) is 4.67. The van der Waals surface area contributed by atoms with Gasteiger partial charge in [-0.25, -0.2) is 0 Å². The number of aromatic nitrogens is 1. The maximum Gasteiger partial charge on any atom is 0.272 e. The van der Waals surface area contributed by atoms with Gasteiger partial charge in [0.1, 0.15) is 11.3 Å². The second kappa shape index (κ2) is 7.27. The number of ether oxygens (including phenoxy) is 1. The summed E-state index contributed by atoms with van der Waals surface area (Å²) in [6.45, 7) is 2.75. The molecule has 1 amide bonds. The molecule has 3 aromatic rings. The second-order valence-corrected chi connectivity index (χ2v) is 6.14. The van der Waals surface area contributed by atoms with Gasteiger partial charge in [0.05, 0.1) is 11.8 Å². The summed E-state index contributed by atoms with van der Waals surface area (Å²) in [5.41, 5.74) is 1.95. The lowest BCUT2D eigenvalue weighted by Crippen LogP contribution is -2.15. The minimum absolute atomic E-state index is 0.272. The Balaban J connectivity index is 2.01. The van der Waals surface area contributed by atoms with E-state index < -0.39 is 0 Å². The van der Waals surface area contributed by atoms with E-state index in [0.29, 0.717) is 4.80 Å². The SMILES string of the molecule is CCn1c(=NC(=O)C=Cc2ccccc2)sc2cccc(OC)c21. The fourth-order valence-electron chi connectivity index (χ4n) is 2.50. The van der Waals surface area contributed by atoms with E-state index in [4.69, 9.17) is 4.74 Å². The largest absolute Gasteiger partial charge is 0.495 e. The summed E-state index contributed by atoms with van der Waals surface area (Å²) in [6.07, 6.45) is 3.27. The van der Waals surface area contributed by atoms with Crippen LogP contribution in [-0.4, -0.2) is 17.6 Å². The van der Waals surface area contributed by atoms with Crippen LogP contribution in [0.3, 0.4) is 0 Å². The normalized spacial score (nSPS) is 12.2. The summed E-state index contributed by atoms with van der Waals surface area (Å²) in [5, 5.41) is 0. The predicted molar refractivity (Wildman–Crippen MR) is 98.1 cm³/mol. The van der Waals surface area contributed by atoms with Crippen molar-refractivity contribution >= 4 is 33.5 Å². The van der Waals surface area contributed by atoms with E-state index in [0.717, 1.165) is 28.1 Å². The van der Waals surface area contributed by atoms with Gasteiger partial charge in [0.15, 0.2) is 4.80 Å². The lowest BCUT2D eigenvalue weighted by molar-refractivity contribution is -0.113. The molecule has 122 valence electrons. The first-order valence-electron chi connectivity index (χ1n) is 7.71. The van der Waals surface area contributed by atoms with Crippen LogP contribution in [0.15, 0.2) is 59.6 Å². The van der Waals surface area contributed by atoms with Gasteiger partial charge < -0.3 is 9.30 Å². The van der Waals surface area contributed by atoms with Crippen LogP contribution in [0.25, 0.3) is 16.3 Å². The molecule has 0 N–H and O–H groups in total. The number of methoxy groups -OCH3 is 1. The Morgan fingerprint density at radius 1 is 1.21 bits per heavy atom. The molecule has 1 aromatic heterocycles. The first kappa shape index (κ1) is 16.2. The molecule has 0 atom stereocenters. The molecule has 0 radical (unpaired) electrons. The van der Waals surface area contributed by atoms with Crippen LogP contribution >= 0.6 is 11.3 Å². The van der Waals surface area contributed by atoms with E-state index in [1.165, 1.54) is 17.4 Å². The van der Waals surface area contributed by atoms with Crippen molar-refractivity contribution in [3.05, 3.63) is 65.0 Å². The van der Waals surface area contributed by atoms with Crippen molar-refractivity contribution < 1.29 is 9.53 Å². The Kier molecular flexibility index (Phi) is 4.91. The molecule has 5 heteroatoms. The Hall–Kier alpha value is -2.66. The summed E-state index contributed by atoms with van der Waals surface area (Å²) >= 11 is 1.49. The van der Waals surface area contributed by atoms with Crippen LogP contribution in [0.1, 0.15) is 12.5 Å². The monoisotopic (exact) mass is 338 g/mol. The van der Waals surface area contributed by atoms with E-state index in [9.17, 15) is 4.79 Å². The fourth-order valence-corrected chi connectivity index (χ4v) is 3.62. The minimum atomic E-state index is -0.272. The summed E-state index contributed by atoms with van der Waals surface area (Å²) in [5.74, 6) is 0.519. The summed E-state index contributed by atoms with van der Waals surface area (Å²) in [7, 11) is 1.65. The number of hydrogen-bond donors (Lipinski definition) is 0. The quantitative estimate of drug-likeness (QED) is 0.678. The Bertz CT molecular complexity index is 952. The third kappa shape index (κ3) is 3.31. The molecule has 1 heterocycles. The summed E-state index contributed by atoms with van der Waals surface area (Å²) < 4.78 is 8.50. The molecule has 0 unspecified atom stereocenters. The number of thiazole rings is 1. The molecule has 2 aromatic carbocycles. The van der Waals surface area contributed by atoms with Gasteiger partial charge in [0, 0.05) is 12.6 Å². The van der Waals surface area contributed by atoms with Crippen LogP contribution < -0.4 is 9.54 Å². The molecule has 0 bridgehead atoms. The van der Waals surface area contributed by atoms with Crippen molar-refractivity contribution in [1.82, 2.24) is 4.57 Å². The summed E-state index contributed by atoms with van der Waals surface area (Å²) in [6, 6.07) is 15.6. The molecule has 0 saturated carbocycles. The van der Waals surface area contributed by atoms with Gasteiger partial charge in [0.25, 0.3) is 5.91 Å². The van der Waals surface area contributed by atoms with E-state index in [-0.39, 0.29) is 5.91 Å². The predicted octanol–water partition coefficient (Wildman–Crippen LogP) is 3.87. The van der Waals surface area contributed by atoms with Gasteiger partial charge in [-0.2, -0.15) is 4.99 Å². The molecule has 0 saturated heterocycles. The van der Waals surface area contributed by atoms with Crippen molar-refractivity contribution in [1.29, 1.82) is 0 Å². The average molecular weight is 338 g/mol. The van der Waals surface area contributed by atoms with Crippen LogP contribution in [0.2, 0.25) is 0 Å². The zero-order valence-corrected chi connectivity index (χ0v) is 14.4. The highest BCUT2D eigenvalue weighted by Gasteiger charge is 2.10. The number of para-hydroxylation sites is 1. The van der Waals surface area contributed by atoms with Crippen molar-refractivity contribution in [2.24, 2.45) is 4.99 Å². The van der Waals surface area contributed by atoms with Crippen molar-refractivity contribution in [2.45, 2.75) is 13.5 Å². The molecular formula is C19H18N2O2S. The lowest BCUT2D eigenvalue weighted by atomic mass is 10.2. The van der Waals surface area contributed by atoms with Gasteiger partial charge in [-0.05, 0) is 30.7 Å². The van der Waals surface area contributed by atoms with E-state index in [1.807, 2.05) is 60.0 Å². The van der Waals surface area contributed by atoms with Crippen molar-refractivity contribution in [2.75, 3.05) is 7.11 Å². The minimum Gasteiger partial charge on any atom is -0.495 e. The first-order chi connectivity index (χ1) is 11.7. The van der Waals surface area contributed by atoms with E-state index >= 15 is 0 Å². The Morgan fingerprint density at radius 3 is 2.71 bits per heavy atom. The molecule has 0 fully saturated rings. The number of hydrogen-bond acceptors (Lipinski definition) is 3. The highest BCUT2D eigenvalue weighted by molar-refractivity contribution is 7.16. The maximum absolute atomic E-state index is 12.2. The lowest BCUT2D eigenvalue weighted by Gasteiger charge is -2.05. The standard InChI is InChI=1S/C19H18N2O2S/c1-3-21-18-15(23-2)10-7-11-16(18)24-19(21)20-17(22)13-12-14-8-5-4-6-9-14/h4-13H,3H2,1-2H3. The Labute approximate surface area is 144 Å². The van der Waals surface area contributed by atoms with E-state index in [2.05, 4.69) is 4.99 Å². The number of nitrogens with zero attached hydrogens (tertiary/aromatic N) is 2. The molecule has 3 rings (SSSR count). The van der Waals surface area contributed by atoms with Gasteiger partial charge in [0.2, 0.25) is 0 Å². The van der Waals surface area contributed by atoms with Crippen molar-refractivity contribution in [3.8, 4) is 5.75 Å². The number of aryl methyl sites for hydroxylation is 1. The zero-order chi connectivity index (χ0) is 16.9. The van der Waals surface area contributed by atoms with Crippen LogP contribution in [0.4, 0.5) is 0 Å². The third-order valence-electron chi connectivity index (χ3n) is 3.62. The van der Waals surface area contributed by atoms with Gasteiger partial charge in [-0.3, -0.25) is 4.79 Å². The molecule has 0 spiro atoms. The van der Waals surface area contributed by atoms with Crippen LogP contribution in [-0.2, 0) is 11.3 Å². The molecule has 24 heavy (non-hydrogen) atoms. The molecule has 0 aliphatic rings. The first-order valence-corrected chi connectivity index (χ1v) is 8.52. The average Bonchev–Trinajstić information content (AvgIpc) is 2.97. The molecular weight excluding hydrogens is 320 g/mol. The zero-order valence-electron chi connectivity index (χ0n) is 13.6. The number of carbonyl (C=O) groups excluding carboxylic acids is 1. The number of fused-ring (bicyclic) bond motifs is 1. The molecule has 0 aliphatic carbocycles. The topological polar surface area (TPSA) is 43.6 Å². The highest BCUT2D eigenvalue weighted by atomic mass is 32.1. The van der Waals surface area contributed by atoms with Gasteiger partial charge >= 0.3 is 0 Å². The number of rotatable bonds is 4. The smallest absolute Gasteiger partial charge is 0.272 e. The number of carbonyl (C=O) groups is 1. The fraction of sp³-hybridized carbons (Fsp3) is 0.158. The number of benzene rings is 2. The molecule has 4 nitrogen and oxygen atoms in total. The summed E-state index contributed by atoms with van der Waals surface area (Å²) in [4.78, 5) is 17.1. The van der Waals surface area contributed by atoms with Crippen molar-refractivity contribution in [3.63, 3.8) is 0 Å². The highest BCUT2D eigenvalue weighted by Crippen LogP contribution is 2.27. The van der Waals surface area contributed by atoms with Gasteiger partial charge in [-0.1, -0.05) is 47.7 Å². The van der Waals surface area contributed by atoms with Crippen LogP contribution in [0.5, 0.6) is 5.75 Å². The molecule has 0 aliphatic heterocycles. The van der Waals surface area contributed by atoms with E-state index in [1.54, 1.807) is 13.2 Å².